The summed E-state index contributed by atoms with van der Waals surface area (Å²) in [6, 6.07) is 0. The number of aromatic nitrogens is 6. The van der Waals surface area contributed by atoms with E-state index in [0.717, 1.165) is 41.2 Å². The third-order valence-electron chi connectivity index (χ3n) is 3.50. The summed E-state index contributed by atoms with van der Waals surface area (Å²) in [7, 11) is 1.91. The molecule has 0 aliphatic carbocycles. The molecule has 0 spiro atoms. The Labute approximate surface area is 131 Å². The molecule has 22 heavy (non-hydrogen) atoms. The van der Waals surface area contributed by atoms with Crippen LogP contribution in [0.3, 0.4) is 0 Å². The number of nitrogens with zero attached hydrogens (tertiary/aromatic N) is 6. The molecule has 0 unspecified atom stereocenters. The van der Waals surface area contributed by atoms with E-state index in [-0.39, 0.29) is 5.91 Å². The van der Waals surface area contributed by atoms with E-state index >= 15 is 0 Å². The first kappa shape index (κ1) is 14.6. The first-order valence-corrected chi connectivity index (χ1v) is 7.77. The van der Waals surface area contributed by atoms with Crippen molar-refractivity contribution in [1.82, 2.24) is 34.5 Å². The predicted molar refractivity (Wildman–Crippen MR) is 82.8 cm³/mol. The molecule has 0 bridgehead atoms. The smallest absolute Gasteiger partial charge is 0.264 e. The Morgan fingerprint density at radius 2 is 2.18 bits per heavy atom. The van der Waals surface area contributed by atoms with Crippen molar-refractivity contribution in [2.75, 3.05) is 6.54 Å². The fourth-order valence-electron chi connectivity index (χ4n) is 2.43. The zero-order valence-electron chi connectivity index (χ0n) is 12.7. The summed E-state index contributed by atoms with van der Waals surface area (Å²) in [5.41, 5.74) is 3.71. The molecule has 0 aromatic carbocycles. The van der Waals surface area contributed by atoms with Gasteiger partial charge in [0.05, 0.1) is 17.6 Å². The lowest BCUT2D eigenvalue weighted by molar-refractivity contribution is 0.0956. The SMILES string of the molecule is Cc1nnsc1C(=O)NCCCn1ncc2c1c(C)nn2C. The fraction of sp³-hybridized carbons (Fsp3) is 0.462. The van der Waals surface area contributed by atoms with Gasteiger partial charge in [0.15, 0.2) is 0 Å². The first-order chi connectivity index (χ1) is 10.6. The number of fused-ring (bicyclic) bond motifs is 1. The topological polar surface area (TPSA) is 90.5 Å². The maximum atomic E-state index is 11.9. The third-order valence-corrected chi connectivity index (χ3v) is 4.33. The average Bonchev–Trinajstić information content (AvgIpc) is 3.15. The highest BCUT2D eigenvalue weighted by atomic mass is 32.1. The van der Waals surface area contributed by atoms with Gasteiger partial charge in [-0.1, -0.05) is 4.49 Å². The molecular weight excluding hydrogens is 302 g/mol. The van der Waals surface area contributed by atoms with Crippen molar-refractivity contribution in [2.45, 2.75) is 26.8 Å². The quantitative estimate of drug-likeness (QED) is 0.710. The fourth-order valence-corrected chi connectivity index (χ4v) is 3.00. The van der Waals surface area contributed by atoms with Crippen molar-refractivity contribution in [3.05, 3.63) is 22.5 Å². The van der Waals surface area contributed by atoms with Crippen molar-refractivity contribution in [1.29, 1.82) is 0 Å². The molecule has 0 aliphatic heterocycles. The van der Waals surface area contributed by atoms with E-state index in [2.05, 4.69) is 25.1 Å². The minimum absolute atomic E-state index is 0.115. The van der Waals surface area contributed by atoms with Crippen molar-refractivity contribution >= 4 is 28.5 Å². The second kappa shape index (κ2) is 5.84. The van der Waals surface area contributed by atoms with Crippen LogP contribution in [0, 0.1) is 13.8 Å². The predicted octanol–water partition coefficient (Wildman–Crippen LogP) is 1.06. The maximum absolute atomic E-state index is 11.9. The molecule has 0 radical (unpaired) electrons. The molecule has 8 nitrogen and oxygen atoms in total. The minimum atomic E-state index is -0.115. The van der Waals surface area contributed by atoms with Crippen molar-refractivity contribution < 1.29 is 4.79 Å². The highest BCUT2D eigenvalue weighted by molar-refractivity contribution is 7.07. The van der Waals surface area contributed by atoms with Gasteiger partial charge >= 0.3 is 0 Å². The molecule has 3 rings (SSSR count). The average molecular weight is 319 g/mol. The van der Waals surface area contributed by atoms with Gasteiger partial charge in [0.2, 0.25) is 0 Å². The lowest BCUT2D eigenvalue weighted by Crippen LogP contribution is -2.25. The van der Waals surface area contributed by atoms with Gasteiger partial charge in [-0.05, 0) is 31.8 Å². The number of hydrogen-bond donors (Lipinski definition) is 1. The van der Waals surface area contributed by atoms with Crippen LogP contribution >= 0.6 is 11.5 Å². The lowest BCUT2D eigenvalue weighted by Gasteiger charge is -2.05. The van der Waals surface area contributed by atoms with Crippen LogP contribution in [0.4, 0.5) is 0 Å². The number of rotatable bonds is 5. The largest absolute Gasteiger partial charge is 0.351 e. The zero-order chi connectivity index (χ0) is 15.7. The second-order valence-electron chi connectivity index (χ2n) is 5.11. The van der Waals surface area contributed by atoms with Crippen LogP contribution < -0.4 is 5.32 Å². The summed E-state index contributed by atoms with van der Waals surface area (Å²) < 4.78 is 7.53. The summed E-state index contributed by atoms with van der Waals surface area (Å²) in [6.45, 7) is 5.07. The standard InChI is InChI=1S/C13H17N7OS/c1-8-11-10(19(3)17-8)7-15-20(11)6-4-5-14-13(21)12-9(2)16-18-22-12/h7H,4-6H2,1-3H3,(H,14,21). The number of amides is 1. The Bertz CT molecular complexity index is 816. The molecule has 0 saturated heterocycles. The highest BCUT2D eigenvalue weighted by Gasteiger charge is 2.13. The van der Waals surface area contributed by atoms with Gasteiger partial charge in [-0.15, -0.1) is 5.10 Å². The Morgan fingerprint density at radius 3 is 2.91 bits per heavy atom. The molecule has 0 aliphatic rings. The van der Waals surface area contributed by atoms with Crippen LogP contribution in [-0.2, 0) is 13.6 Å². The van der Waals surface area contributed by atoms with Gasteiger partial charge in [0, 0.05) is 20.1 Å². The third kappa shape index (κ3) is 2.59. The lowest BCUT2D eigenvalue weighted by atomic mass is 10.3. The van der Waals surface area contributed by atoms with Crippen molar-refractivity contribution in [3.63, 3.8) is 0 Å². The summed E-state index contributed by atoms with van der Waals surface area (Å²) in [5.74, 6) is -0.115. The molecule has 3 heterocycles. The summed E-state index contributed by atoms with van der Waals surface area (Å²) in [4.78, 5) is 12.5. The van der Waals surface area contributed by atoms with E-state index < -0.39 is 0 Å². The van der Waals surface area contributed by atoms with Gasteiger partial charge in [-0.2, -0.15) is 10.2 Å². The van der Waals surface area contributed by atoms with E-state index in [4.69, 9.17) is 0 Å². The molecule has 0 fully saturated rings. The molecule has 0 saturated carbocycles. The Balaban J connectivity index is 1.57. The molecule has 0 atom stereocenters. The van der Waals surface area contributed by atoms with Crippen LogP contribution in [0.2, 0.25) is 0 Å². The molecule has 9 heteroatoms. The highest BCUT2D eigenvalue weighted by Crippen LogP contribution is 2.16. The molecule has 3 aromatic heterocycles. The molecule has 1 amide bonds. The summed E-state index contributed by atoms with van der Waals surface area (Å²) >= 11 is 1.12. The van der Waals surface area contributed by atoms with E-state index in [1.54, 1.807) is 6.92 Å². The molecule has 3 aromatic rings. The summed E-state index contributed by atoms with van der Waals surface area (Å²) in [6.07, 6.45) is 2.61. The molecule has 116 valence electrons. The van der Waals surface area contributed by atoms with Crippen LogP contribution in [-0.4, -0.2) is 41.6 Å². The molecular formula is C13H17N7OS. The number of hydrogen-bond acceptors (Lipinski definition) is 6. The monoisotopic (exact) mass is 319 g/mol. The minimum Gasteiger partial charge on any atom is -0.351 e. The van der Waals surface area contributed by atoms with Gasteiger partial charge in [0.1, 0.15) is 15.9 Å². The Morgan fingerprint density at radius 1 is 1.36 bits per heavy atom. The van der Waals surface area contributed by atoms with Crippen molar-refractivity contribution in [3.8, 4) is 0 Å². The van der Waals surface area contributed by atoms with Gasteiger partial charge in [0.25, 0.3) is 5.91 Å². The second-order valence-corrected chi connectivity index (χ2v) is 5.86. The maximum Gasteiger partial charge on any atom is 0.264 e. The molecule has 1 N–H and O–H groups in total. The van der Waals surface area contributed by atoms with Crippen LogP contribution in [0.5, 0.6) is 0 Å². The number of aryl methyl sites for hydroxylation is 4. The van der Waals surface area contributed by atoms with Crippen molar-refractivity contribution in [2.24, 2.45) is 7.05 Å². The van der Waals surface area contributed by atoms with Gasteiger partial charge in [-0.3, -0.25) is 14.2 Å². The number of carbonyl (C=O) groups excluding carboxylic acids is 1. The van der Waals surface area contributed by atoms with Crippen LogP contribution in [0.15, 0.2) is 6.20 Å². The van der Waals surface area contributed by atoms with Gasteiger partial charge in [-0.25, -0.2) is 0 Å². The summed E-state index contributed by atoms with van der Waals surface area (Å²) in [5, 5.41) is 15.5. The van der Waals surface area contributed by atoms with Crippen LogP contribution in [0.25, 0.3) is 11.0 Å². The Kier molecular flexibility index (Phi) is 3.88. The van der Waals surface area contributed by atoms with Gasteiger partial charge < -0.3 is 5.32 Å². The normalized spacial score (nSPS) is 11.2. The van der Waals surface area contributed by atoms with E-state index in [1.165, 1.54) is 0 Å². The van der Waals surface area contributed by atoms with Crippen LogP contribution in [0.1, 0.15) is 27.5 Å². The Hall–Kier alpha value is -2.29. The number of carbonyl (C=O) groups is 1. The van der Waals surface area contributed by atoms with E-state index in [1.807, 2.05) is 29.5 Å². The van der Waals surface area contributed by atoms with E-state index in [0.29, 0.717) is 17.1 Å². The zero-order valence-corrected chi connectivity index (χ0v) is 13.5. The first-order valence-electron chi connectivity index (χ1n) is 7.00. The van der Waals surface area contributed by atoms with E-state index in [9.17, 15) is 4.79 Å². The number of nitrogens with one attached hydrogen (secondary N) is 1.